The number of H-pyrrole nitrogens is 1. The molecule has 78 heavy (non-hydrogen) atoms. The van der Waals surface area contributed by atoms with Crippen LogP contribution in [0.5, 0.6) is 5.75 Å². The molecule has 3 saturated heterocycles. The Bertz CT molecular complexity index is 3260. The van der Waals surface area contributed by atoms with E-state index in [1.165, 1.54) is 41.9 Å². The number of carbonyl (C=O) groups excluding carboxylic acids is 4. The molecule has 1 unspecified atom stereocenters. The van der Waals surface area contributed by atoms with E-state index in [9.17, 15) is 32.0 Å². The largest absolute Gasteiger partial charge is 0.492 e. The number of benzene rings is 2. The van der Waals surface area contributed by atoms with E-state index >= 15 is 0 Å². The molecule has 4 aromatic heterocycles. The van der Waals surface area contributed by atoms with Gasteiger partial charge >= 0.3 is 0 Å². The topological polar surface area (TPSA) is 251 Å². The first-order chi connectivity index (χ1) is 37.3. The minimum absolute atomic E-state index is 0.0822. The molecular weight excluding hydrogens is 1040 g/mol. The highest BCUT2D eigenvalue weighted by Gasteiger charge is 2.42. The number of ketones is 1. The third kappa shape index (κ3) is 12.0. The number of likely N-dealkylation sites (tertiary alicyclic amines) is 2. The summed E-state index contributed by atoms with van der Waals surface area (Å²) < 4.78 is 46.7. The number of rotatable bonds is 18. The second-order valence-electron chi connectivity index (χ2n) is 21.5. The van der Waals surface area contributed by atoms with Crippen molar-refractivity contribution in [2.24, 2.45) is 11.8 Å². The smallest absolute Gasteiger partial charge is 0.256 e. The molecule has 0 radical (unpaired) electrons. The number of carbonyl (C=O) groups is 4. The number of piperidine rings is 2. The fraction of sp³-hybridized carbons (Fsp3) is 0.491. The van der Waals surface area contributed by atoms with Crippen molar-refractivity contribution < 1.29 is 36.7 Å². The number of aryl methyl sites for hydroxylation is 1. The number of sulfone groups is 1. The average molecular weight is 1110 g/mol. The van der Waals surface area contributed by atoms with Gasteiger partial charge in [-0.15, -0.1) is 11.3 Å². The first-order valence-corrected chi connectivity index (χ1v) is 29.0. The summed E-state index contributed by atoms with van der Waals surface area (Å²) in [6, 6.07) is 6.82. The molecule has 0 aliphatic carbocycles. The minimum atomic E-state index is -3.83. The molecule has 2 aromatic carbocycles. The van der Waals surface area contributed by atoms with E-state index in [4.69, 9.17) is 4.74 Å². The van der Waals surface area contributed by atoms with E-state index in [0.29, 0.717) is 96.0 Å². The maximum atomic E-state index is 14.6. The highest BCUT2D eigenvalue weighted by atomic mass is 32.2. The molecule has 4 N–H and O–H groups in total. The van der Waals surface area contributed by atoms with Gasteiger partial charge in [0.05, 0.1) is 34.5 Å². The molecule has 20 nitrogen and oxygen atoms in total. The van der Waals surface area contributed by atoms with E-state index in [1.807, 2.05) is 13.8 Å². The van der Waals surface area contributed by atoms with Crippen LogP contribution < -0.4 is 25.6 Å². The maximum Gasteiger partial charge on any atom is 0.256 e. The highest BCUT2D eigenvalue weighted by Crippen LogP contribution is 2.39. The molecule has 0 spiro atoms. The van der Waals surface area contributed by atoms with Gasteiger partial charge in [-0.25, -0.2) is 37.7 Å². The molecule has 3 amide bonds. The zero-order valence-electron chi connectivity index (χ0n) is 45.1. The number of aromatic amines is 1. The molecule has 3 aliphatic heterocycles. The van der Waals surface area contributed by atoms with Crippen LogP contribution in [-0.2, 0) is 19.4 Å². The summed E-state index contributed by atoms with van der Waals surface area (Å²) in [7, 11) is -2.15. The lowest BCUT2D eigenvalue weighted by atomic mass is 9.87. The van der Waals surface area contributed by atoms with Gasteiger partial charge in [0, 0.05) is 78.8 Å². The van der Waals surface area contributed by atoms with Crippen molar-refractivity contribution in [3.63, 3.8) is 0 Å². The molecule has 3 atom stereocenters. The molecule has 0 saturated carbocycles. The summed E-state index contributed by atoms with van der Waals surface area (Å²) in [4.78, 5) is 83.5. The van der Waals surface area contributed by atoms with Crippen LogP contribution in [0, 0.1) is 31.5 Å². The van der Waals surface area contributed by atoms with Crippen molar-refractivity contribution in [2.45, 2.75) is 121 Å². The van der Waals surface area contributed by atoms with Gasteiger partial charge in [-0.3, -0.25) is 24.3 Å². The average Bonchev–Trinajstić information content (AvgIpc) is 4.26. The Morgan fingerprint density at radius 3 is 2.29 bits per heavy atom. The van der Waals surface area contributed by atoms with Crippen LogP contribution >= 0.6 is 11.3 Å². The Hall–Kier alpha value is -6.98. The van der Waals surface area contributed by atoms with E-state index in [2.05, 4.69) is 56.0 Å². The molecule has 23 heteroatoms. The molecule has 414 valence electrons. The van der Waals surface area contributed by atoms with Crippen LogP contribution in [0.3, 0.4) is 0 Å². The molecule has 3 aliphatic rings. The van der Waals surface area contributed by atoms with Crippen LogP contribution in [-0.4, -0.2) is 140 Å². The summed E-state index contributed by atoms with van der Waals surface area (Å²) in [6.07, 6.45) is 10.3. The van der Waals surface area contributed by atoms with E-state index < -0.39 is 32.5 Å². The molecule has 3 fully saturated rings. The predicted octanol–water partition coefficient (Wildman–Crippen LogP) is 7.29. The van der Waals surface area contributed by atoms with Crippen molar-refractivity contribution in [1.82, 2.24) is 55.6 Å². The Kier molecular flexibility index (Phi) is 16.8. The summed E-state index contributed by atoms with van der Waals surface area (Å²) in [5.41, 5.74) is 3.28. The van der Waals surface area contributed by atoms with E-state index in [-0.39, 0.29) is 51.8 Å². The predicted molar refractivity (Wildman–Crippen MR) is 294 cm³/mol. The van der Waals surface area contributed by atoms with Crippen molar-refractivity contribution in [2.75, 3.05) is 56.6 Å². The van der Waals surface area contributed by atoms with Crippen LogP contribution in [0.25, 0.3) is 10.9 Å². The van der Waals surface area contributed by atoms with Crippen molar-refractivity contribution in [3.8, 4) is 5.75 Å². The van der Waals surface area contributed by atoms with Crippen LogP contribution in [0.1, 0.15) is 128 Å². The third-order valence-electron chi connectivity index (χ3n) is 15.5. The zero-order chi connectivity index (χ0) is 55.5. The van der Waals surface area contributed by atoms with Gasteiger partial charge in [-0.05, 0) is 142 Å². The number of nitrogens with zero attached hydrogens (tertiary/aromatic N) is 9. The molecule has 7 heterocycles. The lowest BCUT2D eigenvalue weighted by Gasteiger charge is -2.38. The van der Waals surface area contributed by atoms with Gasteiger partial charge < -0.3 is 35.4 Å². The number of nitrogens with one attached hydrogen (secondary N) is 4. The summed E-state index contributed by atoms with van der Waals surface area (Å²) in [6.45, 7) is 13.6. The Morgan fingerprint density at radius 2 is 1.63 bits per heavy atom. The Labute approximate surface area is 457 Å². The molecule has 0 bridgehead atoms. The number of fused-ring (bicyclic) bond motifs is 1. The van der Waals surface area contributed by atoms with Crippen LogP contribution in [0.2, 0.25) is 0 Å². The normalized spacial score (nSPS) is 17.5. The zero-order valence-corrected chi connectivity index (χ0v) is 46.8. The number of aromatic nitrogens is 7. The lowest BCUT2D eigenvalue weighted by Crippen LogP contribution is -2.57. The maximum absolute atomic E-state index is 14.6. The number of anilines is 3. The third-order valence-corrected chi connectivity index (χ3v) is 18.9. The van der Waals surface area contributed by atoms with Gasteiger partial charge in [0.15, 0.2) is 15.7 Å². The fourth-order valence-corrected chi connectivity index (χ4v) is 12.5. The Morgan fingerprint density at radius 1 is 0.910 bits per heavy atom. The minimum Gasteiger partial charge on any atom is -0.492 e. The first-order valence-electron chi connectivity index (χ1n) is 26.7. The molecule has 9 rings (SSSR count). The second-order valence-corrected chi connectivity index (χ2v) is 25.1. The van der Waals surface area contributed by atoms with Crippen LogP contribution in [0.15, 0.2) is 65.4 Å². The van der Waals surface area contributed by atoms with Gasteiger partial charge in [0.2, 0.25) is 23.5 Å². The van der Waals surface area contributed by atoms with E-state index in [0.717, 1.165) is 56.5 Å². The number of halogens is 1. The molecular formula is C55H68FN13O7S2. The highest BCUT2D eigenvalue weighted by molar-refractivity contribution is 7.92. The van der Waals surface area contributed by atoms with Gasteiger partial charge in [0.1, 0.15) is 45.4 Å². The SMILES string of the molecule is CN[C@@H](C)C(=O)NC(C(=O)N1CCC[C@H]1c1nc(C(=O)c2ccc(F)cc2)cs1)C1CCN(C(=O)c2cnc(N3CCC(CCCOc4cc5ncnc(Nc6n[nH]c(C)c6C)c5cc4S(=O)(=O)C(C)(C)C)CC3)nc2)CC1. The summed E-state index contributed by atoms with van der Waals surface area (Å²) in [5, 5.41) is 19.3. The summed E-state index contributed by atoms with van der Waals surface area (Å²) >= 11 is 1.30. The lowest BCUT2D eigenvalue weighted by molar-refractivity contribution is -0.139. The van der Waals surface area contributed by atoms with Gasteiger partial charge in [0.25, 0.3) is 5.91 Å². The van der Waals surface area contributed by atoms with Crippen LogP contribution in [0.4, 0.5) is 22.0 Å². The first kappa shape index (κ1) is 55.8. The second kappa shape index (κ2) is 23.5. The number of hydrogen-bond donors (Lipinski definition) is 4. The van der Waals surface area contributed by atoms with Gasteiger partial charge in [-0.1, -0.05) is 0 Å². The van der Waals surface area contributed by atoms with E-state index in [1.54, 1.807) is 74.4 Å². The van der Waals surface area contributed by atoms with Gasteiger partial charge in [-0.2, -0.15) is 5.10 Å². The molecule has 6 aromatic rings. The standard InChI is InChI=1S/C55H68FN13O7S2/c1-32-33(2)65-66-48(32)64-49-40-26-45(78(74,75)55(4,5)6)44(27-41(40)60-31-61-49)76-25-9-10-35-16-21-68(22-17-35)54-58-28-38(29-59-54)52(72)67-23-18-36(19-24-67)46(63-50(71)34(3)57-7)53(73)69-20-8-11-43(69)51-62-42(30-77-51)47(70)37-12-14-39(56)15-13-37/h12-15,26-31,34-36,43,46,57H,8-11,16-25H2,1-7H3,(H,63,71)(H2,60,61,64,65,66)/t34-,43-,46?/m0/s1. The number of amides is 3. The Balaban J connectivity index is 0.770. The fourth-order valence-electron chi connectivity index (χ4n) is 10.3. The number of thiazole rings is 1. The van der Waals surface area contributed by atoms with Crippen molar-refractivity contribution >= 4 is 73.2 Å². The monoisotopic (exact) mass is 1110 g/mol. The quantitative estimate of drug-likeness (QED) is 0.0487. The number of hydrogen-bond acceptors (Lipinski definition) is 17. The van der Waals surface area contributed by atoms with Crippen molar-refractivity contribution in [1.29, 1.82) is 0 Å². The number of likely N-dealkylation sites (N-methyl/N-ethyl adjacent to an activating group) is 1. The van der Waals surface area contributed by atoms with Crippen molar-refractivity contribution in [3.05, 3.63) is 99.4 Å². The number of ether oxygens (including phenoxy) is 1. The summed E-state index contributed by atoms with van der Waals surface area (Å²) in [5.74, 6) is 0.498.